The molecule has 328 valence electrons. The van der Waals surface area contributed by atoms with Crippen LogP contribution in [0.1, 0.15) is 181 Å². The number of unbranched alkanes of at least 4 members (excludes halogenated alkanes) is 16. The molecule has 9 nitrogen and oxygen atoms in total. The summed E-state index contributed by atoms with van der Waals surface area (Å²) in [6, 6.07) is 0. The summed E-state index contributed by atoms with van der Waals surface area (Å²) in [5.41, 5.74) is 5.35. The van der Waals surface area contributed by atoms with Crippen molar-refractivity contribution >= 4 is 19.8 Å². The minimum Gasteiger partial charge on any atom is -0.462 e. The number of phosphoric ester groups is 1. The molecule has 0 heterocycles. The van der Waals surface area contributed by atoms with Crippen molar-refractivity contribution in [1.82, 2.24) is 0 Å². The fourth-order valence-electron chi connectivity index (χ4n) is 5.77. The number of allylic oxidation sites excluding steroid dienone is 12. The number of ether oxygens (including phenoxy) is 2. The molecule has 57 heavy (non-hydrogen) atoms. The van der Waals surface area contributed by atoms with Gasteiger partial charge in [0.1, 0.15) is 6.61 Å². The molecule has 0 aliphatic carbocycles. The minimum atomic E-state index is -4.39. The van der Waals surface area contributed by atoms with Crippen LogP contribution in [0.5, 0.6) is 0 Å². The summed E-state index contributed by atoms with van der Waals surface area (Å²) in [7, 11) is -4.39. The molecule has 0 aromatic heterocycles. The quantitative estimate of drug-likeness (QED) is 0.0267. The normalized spacial score (nSPS) is 14.0. The third kappa shape index (κ3) is 42.9. The summed E-state index contributed by atoms with van der Waals surface area (Å²) in [6.45, 7) is 3.56. The number of nitrogens with two attached hydrogens (primary N) is 1. The number of hydrogen-bond donors (Lipinski definition) is 2. The molecule has 0 aliphatic heterocycles. The molecule has 0 fully saturated rings. The van der Waals surface area contributed by atoms with Crippen LogP contribution in [0.15, 0.2) is 72.9 Å². The van der Waals surface area contributed by atoms with Crippen molar-refractivity contribution in [2.45, 2.75) is 187 Å². The van der Waals surface area contributed by atoms with E-state index in [0.717, 1.165) is 83.5 Å². The SMILES string of the molecule is CCC=CCC=CCC=CCC=CCC=CCCCCCC(=O)O[C@H](COC(=O)CCCCCCCCCC=CCCCCCCCC)COP(=O)(O)OCCN. The summed E-state index contributed by atoms with van der Waals surface area (Å²) in [5, 5.41) is 0. The van der Waals surface area contributed by atoms with Crippen molar-refractivity contribution < 1.29 is 37.6 Å². The molecule has 0 bridgehead atoms. The summed E-state index contributed by atoms with van der Waals surface area (Å²) in [5.74, 6) is -0.875. The van der Waals surface area contributed by atoms with Gasteiger partial charge in [-0.25, -0.2) is 4.57 Å². The lowest BCUT2D eigenvalue weighted by Crippen LogP contribution is -2.29. The van der Waals surface area contributed by atoms with Crippen LogP contribution in [0, 0.1) is 0 Å². The lowest BCUT2D eigenvalue weighted by molar-refractivity contribution is -0.161. The highest BCUT2D eigenvalue weighted by Gasteiger charge is 2.26. The predicted octanol–water partition coefficient (Wildman–Crippen LogP) is 13.1. The van der Waals surface area contributed by atoms with E-state index >= 15 is 0 Å². The standard InChI is InChI=1S/C47H82NO8P/c1-3-5-7-9-11-13-15-17-19-21-22-24-26-28-30-32-34-36-38-40-47(50)56-45(44-55-57(51,52)54-42-41-48)43-53-46(49)39-37-35-33-31-29-27-25-23-20-18-16-14-12-10-8-6-4-2/h5,7,11,13,17-20,22,24,28,30,45H,3-4,6,8-10,12,14-16,21,23,25-27,29,31-44,48H2,1-2H3,(H,51,52)/t45-/m1/s1. The Morgan fingerprint density at radius 1 is 0.544 bits per heavy atom. The van der Waals surface area contributed by atoms with Gasteiger partial charge in [0, 0.05) is 19.4 Å². The van der Waals surface area contributed by atoms with E-state index in [9.17, 15) is 19.0 Å². The van der Waals surface area contributed by atoms with E-state index in [1.807, 2.05) is 0 Å². The van der Waals surface area contributed by atoms with E-state index in [4.69, 9.17) is 24.3 Å². The first-order valence-electron chi connectivity index (χ1n) is 22.4. The molecule has 2 atom stereocenters. The molecule has 0 radical (unpaired) electrons. The van der Waals surface area contributed by atoms with Crippen LogP contribution in [-0.2, 0) is 32.7 Å². The van der Waals surface area contributed by atoms with Crippen molar-refractivity contribution in [3.05, 3.63) is 72.9 Å². The molecule has 0 aromatic rings. The van der Waals surface area contributed by atoms with Crippen molar-refractivity contribution in [1.29, 1.82) is 0 Å². The largest absolute Gasteiger partial charge is 0.472 e. The van der Waals surface area contributed by atoms with Gasteiger partial charge in [-0.05, 0) is 83.5 Å². The first-order chi connectivity index (χ1) is 27.8. The second-order valence-corrected chi connectivity index (χ2v) is 16.0. The lowest BCUT2D eigenvalue weighted by Gasteiger charge is -2.19. The number of esters is 2. The van der Waals surface area contributed by atoms with Crippen molar-refractivity contribution in [2.24, 2.45) is 5.73 Å². The van der Waals surface area contributed by atoms with Crippen LogP contribution in [0.4, 0.5) is 0 Å². The fourth-order valence-corrected chi connectivity index (χ4v) is 6.54. The molecule has 0 rings (SSSR count). The summed E-state index contributed by atoms with van der Waals surface area (Å²) in [6.07, 6.45) is 52.1. The molecule has 0 aliphatic rings. The molecule has 3 N–H and O–H groups in total. The van der Waals surface area contributed by atoms with Crippen molar-refractivity contribution in [2.75, 3.05) is 26.4 Å². The zero-order valence-corrected chi connectivity index (χ0v) is 36.9. The van der Waals surface area contributed by atoms with Gasteiger partial charge in [0.2, 0.25) is 0 Å². The van der Waals surface area contributed by atoms with Gasteiger partial charge in [0.15, 0.2) is 6.10 Å². The molecule has 0 amide bonds. The molecule has 0 aromatic carbocycles. The average Bonchev–Trinajstić information content (AvgIpc) is 3.20. The van der Waals surface area contributed by atoms with Crippen LogP contribution >= 0.6 is 7.82 Å². The molecule has 0 spiro atoms. The Morgan fingerprint density at radius 3 is 1.47 bits per heavy atom. The lowest BCUT2D eigenvalue weighted by atomic mass is 10.1. The van der Waals surface area contributed by atoms with Gasteiger partial charge in [-0.1, -0.05) is 157 Å². The maximum absolute atomic E-state index is 12.6. The zero-order chi connectivity index (χ0) is 41.8. The highest BCUT2D eigenvalue weighted by atomic mass is 31.2. The number of hydrogen-bond acceptors (Lipinski definition) is 8. The zero-order valence-electron chi connectivity index (χ0n) is 36.0. The van der Waals surface area contributed by atoms with Gasteiger partial charge in [-0.2, -0.15) is 0 Å². The highest BCUT2D eigenvalue weighted by molar-refractivity contribution is 7.47. The van der Waals surface area contributed by atoms with Crippen LogP contribution < -0.4 is 5.73 Å². The Balaban J connectivity index is 4.22. The van der Waals surface area contributed by atoms with Gasteiger partial charge in [-0.3, -0.25) is 18.6 Å². The van der Waals surface area contributed by atoms with Crippen LogP contribution in [0.25, 0.3) is 0 Å². The molecular weight excluding hydrogens is 737 g/mol. The summed E-state index contributed by atoms with van der Waals surface area (Å²) >= 11 is 0. The number of carbonyl (C=O) groups is 2. The molecular formula is C47H82NO8P. The maximum atomic E-state index is 12.6. The predicted molar refractivity (Wildman–Crippen MR) is 238 cm³/mol. The number of rotatable bonds is 41. The van der Waals surface area contributed by atoms with E-state index in [2.05, 4.69) is 86.8 Å². The topological polar surface area (TPSA) is 134 Å². The van der Waals surface area contributed by atoms with Crippen molar-refractivity contribution in [3.8, 4) is 0 Å². The van der Waals surface area contributed by atoms with Crippen LogP contribution in [-0.4, -0.2) is 49.3 Å². The van der Waals surface area contributed by atoms with Gasteiger partial charge in [0.05, 0.1) is 13.2 Å². The number of phosphoric acid groups is 1. The van der Waals surface area contributed by atoms with Gasteiger partial charge in [-0.15, -0.1) is 0 Å². The highest BCUT2D eigenvalue weighted by Crippen LogP contribution is 2.43. The minimum absolute atomic E-state index is 0.0437. The van der Waals surface area contributed by atoms with Gasteiger partial charge in [0.25, 0.3) is 0 Å². The fraction of sp³-hybridized carbons (Fsp3) is 0.702. The Hall–Kier alpha value is -2.55. The smallest absolute Gasteiger partial charge is 0.462 e. The van der Waals surface area contributed by atoms with E-state index < -0.39 is 32.5 Å². The Kier molecular flexibility index (Phi) is 41.1. The molecule has 0 saturated heterocycles. The Morgan fingerprint density at radius 2 is 0.965 bits per heavy atom. The Bertz CT molecular complexity index is 1160. The third-order valence-corrected chi connectivity index (χ3v) is 10.1. The Labute approximate surface area is 348 Å². The van der Waals surface area contributed by atoms with Crippen molar-refractivity contribution in [3.63, 3.8) is 0 Å². The first-order valence-corrected chi connectivity index (χ1v) is 23.9. The first kappa shape index (κ1) is 54.5. The second kappa shape index (κ2) is 43.0. The van der Waals surface area contributed by atoms with E-state index in [0.29, 0.717) is 6.42 Å². The second-order valence-electron chi connectivity index (χ2n) is 14.5. The maximum Gasteiger partial charge on any atom is 0.472 e. The van der Waals surface area contributed by atoms with E-state index in [1.165, 1.54) is 64.2 Å². The molecule has 0 saturated carbocycles. The molecule has 10 heteroatoms. The monoisotopic (exact) mass is 820 g/mol. The summed E-state index contributed by atoms with van der Waals surface area (Å²) in [4.78, 5) is 34.9. The number of carbonyl (C=O) groups excluding carboxylic acids is 2. The van der Waals surface area contributed by atoms with Crippen LogP contribution in [0.2, 0.25) is 0 Å². The molecule has 1 unspecified atom stereocenters. The van der Waals surface area contributed by atoms with Gasteiger partial charge < -0.3 is 20.1 Å². The van der Waals surface area contributed by atoms with Gasteiger partial charge >= 0.3 is 19.8 Å². The summed E-state index contributed by atoms with van der Waals surface area (Å²) < 4.78 is 32.8. The van der Waals surface area contributed by atoms with Crippen LogP contribution in [0.3, 0.4) is 0 Å². The van der Waals surface area contributed by atoms with E-state index in [1.54, 1.807) is 0 Å². The third-order valence-electron chi connectivity index (χ3n) is 9.08. The average molecular weight is 820 g/mol. The van der Waals surface area contributed by atoms with E-state index in [-0.39, 0.29) is 32.6 Å².